The molecule has 0 atom stereocenters. The number of fused-ring (bicyclic) bond motifs is 1. The van der Waals surface area contributed by atoms with Crippen LogP contribution in [0.2, 0.25) is 0 Å². The van der Waals surface area contributed by atoms with Crippen LogP contribution in [0.15, 0.2) is 18.2 Å². The molecule has 1 aromatic heterocycles. The summed E-state index contributed by atoms with van der Waals surface area (Å²) >= 11 is 5.70. The number of rotatable bonds is 3. The Bertz CT molecular complexity index is 599. The number of hydrogen-bond acceptors (Lipinski definition) is 3. The third-order valence-electron chi connectivity index (χ3n) is 2.51. The number of aromatic nitrogens is 2. The Morgan fingerprint density at radius 3 is 2.79 bits per heavy atom. The number of halogens is 1. The van der Waals surface area contributed by atoms with E-state index in [4.69, 9.17) is 16.3 Å². The van der Waals surface area contributed by atoms with Crippen molar-refractivity contribution in [1.82, 2.24) is 9.97 Å². The first-order valence-electron chi connectivity index (χ1n) is 6.17. The standard InChI is InChI=1S/C14H17ClN2O2/c1-14(2,3)19-13(18)9-5-4-6-10-12(9)17-11(16-10)7-8-15/h4-6H,7-8H2,1-3H3,(H,16,17). The zero-order valence-corrected chi connectivity index (χ0v) is 12.0. The van der Waals surface area contributed by atoms with Crippen LogP contribution in [0.25, 0.3) is 11.0 Å². The minimum Gasteiger partial charge on any atom is -0.456 e. The van der Waals surface area contributed by atoms with Gasteiger partial charge in [0.15, 0.2) is 0 Å². The molecule has 0 radical (unpaired) electrons. The van der Waals surface area contributed by atoms with E-state index in [2.05, 4.69) is 9.97 Å². The number of aryl methyl sites for hydroxylation is 1. The van der Waals surface area contributed by atoms with Crippen LogP contribution >= 0.6 is 11.6 Å². The van der Waals surface area contributed by atoms with Gasteiger partial charge in [-0.1, -0.05) is 6.07 Å². The predicted molar refractivity (Wildman–Crippen MR) is 75.7 cm³/mol. The zero-order chi connectivity index (χ0) is 14.0. The molecule has 2 rings (SSSR count). The molecule has 0 aliphatic heterocycles. The molecule has 1 heterocycles. The Balaban J connectivity index is 2.40. The normalized spacial score (nSPS) is 11.8. The van der Waals surface area contributed by atoms with Gasteiger partial charge in [-0.15, -0.1) is 11.6 Å². The van der Waals surface area contributed by atoms with Crippen molar-refractivity contribution < 1.29 is 9.53 Å². The van der Waals surface area contributed by atoms with E-state index in [1.165, 1.54) is 0 Å². The van der Waals surface area contributed by atoms with E-state index >= 15 is 0 Å². The summed E-state index contributed by atoms with van der Waals surface area (Å²) in [6.45, 7) is 5.53. The Morgan fingerprint density at radius 1 is 1.42 bits per heavy atom. The molecule has 0 fully saturated rings. The number of benzene rings is 1. The van der Waals surface area contributed by atoms with Gasteiger partial charge in [0.2, 0.25) is 0 Å². The van der Waals surface area contributed by atoms with Gasteiger partial charge in [-0.2, -0.15) is 0 Å². The molecule has 0 spiro atoms. The molecule has 0 saturated heterocycles. The first-order valence-corrected chi connectivity index (χ1v) is 6.71. The Morgan fingerprint density at radius 2 is 2.16 bits per heavy atom. The Hall–Kier alpha value is -1.55. The summed E-state index contributed by atoms with van der Waals surface area (Å²) in [6.07, 6.45) is 0.643. The van der Waals surface area contributed by atoms with Crippen molar-refractivity contribution in [1.29, 1.82) is 0 Å². The Kier molecular flexibility index (Phi) is 3.80. The quantitative estimate of drug-likeness (QED) is 0.693. The molecule has 0 saturated carbocycles. The molecule has 0 amide bonds. The van der Waals surface area contributed by atoms with Gasteiger partial charge >= 0.3 is 5.97 Å². The van der Waals surface area contributed by atoms with Crippen molar-refractivity contribution in [3.05, 3.63) is 29.6 Å². The first-order chi connectivity index (χ1) is 8.90. The summed E-state index contributed by atoms with van der Waals surface area (Å²) < 4.78 is 5.38. The lowest BCUT2D eigenvalue weighted by Gasteiger charge is -2.19. The summed E-state index contributed by atoms with van der Waals surface area (Å²) in [6, 6.07) is 5.42. The highest BCUT2D eigenvalue weighted by atomic mass is 35.5. The molecule has 0 unspecified atom stereocenters. The van der Waals surface area contributed by atoms with Crippen molar-refractivity contribution in [2.24, 2.45) is 0 Å². The third-order valence-corrected chi connectivity index (χ3v) is 2.70. The first kappa shape index (κ1) is 13.9. The van der Waals surface area contributed by atoms with Crippen molar-refractivity contribution in [2.75, 3.05) is 5.88 Å². The molecule has 102 valence electrons. The summed E-state index contributed by atoms with van der Waals surface area (Å²) in [5.74, 6) is 0.907. The van der Waals surface area contributed by atoms with Crippen LogP contribution in [0.1, 0.15) is 37.0 Å². The van der Waals surface area contributed by atoms with Crippen LogP contribution in [-0.4, -0.2) is 27.4 Å². The molecular formula is C14H17ClN2O2. The highest BCUT2D eigenvalue weighted by Crippen LogP contribution is 2.20. The van der Waals surface area contributed by atoms with E-state index in [9.17, 15) is 4.79 Å². The molecule has 2 aromatic rings. The van der Waals surface area contributed by atoms with Crippen molar-refractivity contribution in [2.45, 2.75) is 32.8 Å². The van der Waals surface area contributed by atoms with Crippen LogP contribution in [0.3, 0.4) is 0 Å². The number of nitrogens with zero attached hydrogens (tertiary/aromatic N) is 1. The lowest BCUT2D eigenvalue weighted by Crippen LogP contribution is -2.24. The fourth-order valence-electron chi connectivity index (χ4n) is 1.79. The summed E-state index contributed by atoms with van der Waals surface area (Å²) in [7, 11) is 0. The molecule has 1 aromatic carbocycles. The summed E-state index contributed by atoms with van der Waals surface area (Å²) in [5.41, 5.74) is 1.42. The molecular weight excluding hydrogens is 264 g/mol. The van der Waals surface area contributed by atoms with Crippen LogP contribution in [-0.2, 0) is 11.2 Å². The summed E-state index contributed by atoms with van der Waals surface area (Å²) in [4.78, 5) is 19.7. The van der Waals surface area contributed by atoms with Gasteiger partial charge in [0.25, 0.3) is 0 Å². The maximum absolute atomic E-state index is 12.1. The topological polar surface area (TPSA) is 55.0 Å². The van der Waals surface area contributed by atoms with Gasteiger partial charge in [-0.25, -0.2) is 9.78 Å². The van der Waals surface area contributed by atoms with Gasteiger partial charge in [0.05, 0.1) is 11.1 Å². The number of carbonyl (C=O) groups excluding carboxylic acids is 1. The lowest BCUT2D eigenvalue weighted by atomic mass is 10.1. The number of H-pyrrole nitrogens is 1. The summed E-state index contributed by atoms with van der Waals surface area (Å²) in [5, 5.41) is 0. The number of hydrogen-bond donors (Lipinski definition) is 1. The van der Waals surface area contributed by atoms with Crippen LogP contribution < -0.4 is 0 Å². The number of para-hydroxylation sites is 1. The van der Waals surface area contributed by atoms with Crippen molar-refractivity contribution in [3.63, 3.8) is 0 Å². The monoisotopic (exact) mass is 280 g/mol. The Labute approximate surface area is 117 Å². The van der Waals surface area contributed by atoms with E-state index in [1.807, 2.05) is 32.9 Å². The van der Waals surface area contributed by atoms with Crippen LogP contribution in [0.5, 0.6) is 0 Å². The fraction of sp³-hybridized carbons (Fsp3) is 0.429. The second-order valence-corrected chi connectivity index (χ2v) is 5.70. The second-order valence-electron chi connectivity index (χ2n) is 5.33. The van der Waals surface area contributed by atoms with Crippen molar-refractivity contribution in [3.8, 4) is 0 Å². The molecule has 1 N–H and O–H groups in total. The highest BCUT2D eigenvalue weighted by Gasteiger charge is 2.20. The van der Waals surface area contributed by atoms with Gasteiger partial charge in [-0.05, 0) is 32.9 Å². The molecule has 0 aliphatic carbocycles. The number of nitrogens with one attached hydrogen (secondary N) is 1. The minimum atomic E-state index is -0.519. The highest BCUT2D eigenvalue weighted by molar-refractivity contribution is 6.18. The molecule has 0 aliphatic rings. The molecule has 19 heavy (non-hydrogen) atoms. The van der Waals surface area contributed by atoms with Crippen LogP contribution in [0, 0.1) is 0 Å². The molecule has 4 nitrogen and oxygen atoms in total. The fourth-order valence-corrected chi connectivity index (χ4v) is 1.97. The van der Waals surface area contributed by atoms with Gasteiger partial charge < -0.3 is 9.72 Å². The molecule has 0 bridgehead atoms. The largest absolute Gasteiger partial charge is 0.456 e. The SMILES string of the molecule is CC(C)(C)OC(=O)c1cccc2[nH]c(CCCl)nc12. The second kappa shape index (κ2) is 5.21. The number of esters is 1. The van der Waals surface area contributed by atoms with Gasteiger partial charge in [-0.3, -0.25) is 0 Å². The van der Waals surface area contributed by atoms with E-state index in [1.54, 1.807) is 6.07 Å². The van der Waals surface area contributed by atoms with E-state index in [-0.39, 0.29) is 5.97 Å². The van der Waals surface area contributed by atoms with E-state index < -0.39 is 5.60 Å². The number of carbonyl (C=O) groups is 1. The van der Waals surface area contributed by atoms with Gasteiger partial charge in [0, 0.05) is 12.3 Å². The van der Waals surface area contributed by atoms with E-state index in [0.29, 0.717) is 23.4 Å². The lowest BCUT2D eigenvalue weighted by molar-refractivity contribution is 0.00717. The average molecular weight is 281 g/mol. The average Bonchev–Trinajstić information content (AvgIpc) is 2.68. The number of alkyl halides is 1. The minimum absolute atomic E-state index is 0.359. The molecule has 5 heteroatoms. The third kappa shape index (κ3) is 3.26. The zero-order valence-electron chi connectivity index (χ0n) is 11.3. The van der Waals surface area contributed by atoms with E-state index in [0.717, 1.165) is 11.3 Å². The maximum Gasteiger partial charge on any atom is 0.340 e. The maximum atomic E-state index is 12.1. The smallest absolute Gasteiger partial charge is 0.340 e. The number of ether oxygens (including phenoxy) is 1. The number of imidazole rings is 1. The van der Waals surface area contributed by atoms with Crippen molar-refractivity contribution >= 4 is 28.6 Å². The predicted octanol–water partition coefficient (Wildman–Crippen LogP) is 3.30. The number of aromatic amines is 1. The van der Waals surface area contributed by atoms with Gasteiger partial charge in [0.1, 0.15) is 16.9 Å². The van der Waals surface area contributed by atoms with Crippen LogP contribution in [0.4, 0.5) is 0 Å².